The summed E-state index contributed by atoms with van der Waals surface area (Å²) in [5.41, 5.74) is 1.06. The Morgan fingerprint density at radius 3 is 2.68 bits per heavy atom. The molecule has 0 spiro atoms. The second-order valence-corrected chi connectivity index (χ2v) is 6.47. The zero-order chi connectivity index (χ0) is 17.8. The predicted octanol–water partition coefficient (Wildman–Crippen LogP) is 4.78. The van der Waals surface area contributed by atoms with Gasteiger partial charge < -0.3 is 10.6 Å². The van der Waals surface area contributed by atoms with Gasteiger partial charge in [0.2, 0.25) is 0 Å². The third kappa shape index (κ3) is 4.61. The lowest BCUT2D eigenvalue weighted by atomic mass is 10.2. The first-order valence-corrected chi connectivity index (χ1v) is 8.51. The van der Waals surface area contributed by atoms with Crippen molar-refractivity contribution in [3.8, 4) is 0 Å². The molecule has 3 rings (SSSR count). The highest BCUT2D eigenvalue weighted by molar-refractivity contribution is 9.10. The number of hydrogen-bond donors (Lipinski definition) is 2. The molecule has 25 heavy (non-hydrogen) atoms. The largest absolute Gasteiger partial charge is 0.332 e. The minimum atomic E-state index is -0.358. The van der Waals surface area contributed by atoms with Crippen LogP contribution in [0.4, 0.5) is 20.3 Å². The van der Waals surface area contributed by atoms with Crippen molar-refractivity contribution in [2.45, 2.75) is 6.54 Å². The first kappa shape index (κ1) is 17.5. The molecule has 2 N–H and O–H groups in total. The standard InChI is InChI=1S/C17H13BrF2N4S/c18-14-10-24(9-11-4-1-2-7-15(11)20)23-16(14)22-17(25)21-13-6-3-5-12(19)8-13/h1-8,10H,9H2,(H2,21,22,23,25). The number of nitrogens with one attached hydrogen (secondary N) is 2. The molecule has 0 aliphatic carbocycles. The fourth-order valence-corrected chi connectivity index (χ4v) is 2.83. The van der Waals surface area contributed by atoms with Gasteiger partial charge in [0.1, 0.15) is 11.6 Å². The quantitative estimate of drug-likeness (QED) is 0.593. The molecule has 0 saturated carbocycles. The second kappa shape index (κ2) is 7.71. The molecule has 0 amide bonds. The Hall–Kier alpha value is -2.32. The van der Waals surface area contributed by atoms with Crippen molar-refractivity contribution in [3.63, 3.8) is 0 Å². The van der Waals surface area contributed by atoms with Gasteiger partial charge >= 0.3 is 0 Å². The Morgan fingerprint density at radius 1 is 1.12 bits per heavy atom. The lowest BCUT2D eigenvalue weighted by Crippen LogP contribution is -2.19. The van der Waals surface area contributed by atoms with E-state index in [2.05, 4.69) is 31.7 Å². The van der Waals surface area contributed by atoms with Crippen LogP contribution < -0.4 is 10.6 Å². The van der Waals surface area contributed by atoms with Gasteiger partial charge in [0.05, 0.1) is 11.0 Å². The van der Waals surface area contributed by atoms with Crippen LogP contribution in [0.3, 0.4) is 0 Å². The minimum Gasteiger partial charge on any atom is -0.332 e. The Bertz CT molecular complexity index is 913. The number of aromatic nitrogens is 2. The molecular weight excluding hydrogens is 410 g/mol. The molecule has 0 saturated heterocycles. The molecule has 1 aromatic heterocycles. The van der Waals surface area contributed by atoms with Crippen LogP contribution in [0, 0.1) is 11.6 Å². The topological polar surface area (TPSA) is 41.9 Å². The zero-order valence-corrected chi connectivity index (χ0v) is 15.2. The fourth-order valence-electron chi connectivity index (χ4n) is 2.20. The SMILES string of the molecule is Fc1cccc(NC(=S)Nc2nn(Cc3ccccc3F)cc2Br)c1. The maximum Gasteiger partial charge on any atom is 0.176 e. The lowest BCUT2D eigenvalue weighted by Gasteiger charge is -2.09. The average Bonchev–Trinajstić information content (AvgIpc) is 2.89. The maximum absolute atomic E-state index is 13.7. The van der Waals surface area contributed by atoms with Crippen molar-refractivity contribution in [2.24, 2.45) is 0 Å². The molecule has 0 aliphatic heterocycles. The second-order valence-electron chi connectivity index (χ2n) is 5.20. The van der Waals surface area contributed by atoms with E-state index in [9.17, 15) is 8.78 Å². The smallest absolute Gasteiger partial charge is 0.176 e. The summed E-state index contributed by atoms with van der Waals surface area (Å²) in [6.07, 6.45) is 1.72. The summed E-state index contributed by atoms with van der Waals surface area (Å²) in [4.78, 5) is 0. The Balaban J connectivity index is 1.68. The number of anilines is 2. The zero-order valence-electron chi connectivity index (χ0n) is 12.8. The van der Waals surface area contributed by atoms with Crippen molar-refractivity contribution in [2.75, 3.05) is 10.6 Å². The Morgan fingerprint density at radius 2 is 1.92 bits per heavy atom. The molecule has 0 fully saturated rings. The van der Waals surface area contributed by atoms with Crippen molar-refractivity contribution in [3.05, 3.63) is 76.4 Å². The highest BCUT2D eigenvalue weighted by Gasteiger charge is 2.10. The first-order valence-electron chi connectivity index (χ1n) is 7.31. The number of hydrogen-bond acceptors (Lipinski definition) is 2. The number of rotatable bonds is 4. The summed E-state index contributed by atoms with van der Waals surface area (Å²) in [5.74, 6) is -0.166. The van der Waals surface area contributed by atoms with Gasteiger partial charge in [0, 0.05) is 17.4 Å². The molecule has 128 valence electrons. The molecule has 4 nitrogen and oxygen atoms in total. The normalized spacial score (nSPS) is 10.5. The summed E-state index contributed by atoms with van der Waals surface area (Å²) in [6.45, 7) is 0.289. The highest BCUT2D eigenvalue weighted by atomic mass is 79.9. The van der Waals surface area contributed by atoms with E-state index in [0.717, 1.165) is 0 Å². The molecule has 2 aromatic carbocycles. The third-order valence-corrected chi connectivity index (χ3v) is 4.11. The highest BCUT2D eigenvalue weighted by Crippen LogP contribution is 2.21. The van der Waals surface area contributed by atoms with Gasteiger partial charge in [-0.25, -0.2) is 8.78 Å². The van der Waals surface area contributed by atoms with Crippen molar-refractivity contribution in [1.82, 2.24) is 9.78 Å². The monoisotopic (exact) mass is 422 g/mol. The molecule has 0 aliphatic rings. The molecule has 0 radical (unpaired) electrons. The van der Waals surface area contributed by atoms with E-state index < -0.39 is 0 Å². The Kier molecular flexibility index (Phi) is 5.40. The van der Waals surface area contributed by atoms with E-state index in [1.807, 2.05) is 0 Å². The van der Waals surface area contributed by atoms with Crippen molar-refractivity contribution >= 4 is 44.8 Å². The fraction of sp³-hybridized carbons (Fsp3) is 0.0588. The van der Waals surface area contributed by atoms with Crippen molar-refractivity contribution < 1.29 is 8.78 Å². The summed E-state index contributed by atoms with van der Waals surface area (Å²) < 4.78 is 29.2. The van der Waals surface area contributed by atoms with Crippen LogP contribution in [-0.4, -0.2) is 14.9 Å². The molecule has 0 atom stereocenters. The van der Waals surface area contributed by atoms with E-state index in [-0.39, 0.29) is 23.3 Å². The van der Waals surface area contributed by atoms with E-state index >= 15 is 0 Å². The van der Waals surface area contributed by atoms with Crippen LogP contribution in [0.25, 0.3) is 0 Å². The van der Waals surface area contributed by atoms with E-state index in [0.29, 0.717) is 21.5 Å². The van der Waals surface area contributed by atoms with Gasteiger partial charge in [0.15, 0.2) is 10.9 Å². The summed E-state index contributed by atoms with van der Waals surface area (Å²) in [7, 11) is 0. The summed E-state index contributed by atoms with van der Waals surface area (Å²) in [6, 6.07) is 12.5. The average molecular weight is 423 g/mol. The summed E-state index contributed by atoms with van der Waals surface area (Å²) >= 11 is 8.59. The van der Waals surface area contributed by atoms with Gasteiger partial charge in [-0.3, -0.25) is 4.68 Å². The van der Waals surface area contributed by atoms with E-state index in [1.165, 1.54) is 18.2 Å². The molecule has 0 bridgehead atoms. The number of halogens is 3. The van der Waals surface area contributed by atoms with E-state index in [4.69, 9.17) is 12.2 Å². The Labute approximate surface area is 157 Å². The van der Waals surface area contributed by atoms with Crippen LogP contribution in [0.15, 0.2) is 59.2 Å². The number of thiocarbonyl (C=S) groups is 1. The van der Waals surface area contributed by atoms with Gasteiger partial charge in [-0.1, -0.05) is 24.3 Å². The predicted molar refractivity (Wildman–Crippen MR) is 102 cm³/mol. The number of benzene rings is 2. The maximum atomic E-state index is 13.7. The lowest BCUT2D eigenvalue weighted by molar-refractivity contribution is 0.586. The first-order chi connectivity index (χ1) is 12.0. The molecule has 8 heteroatoms. The van der Waals surface area contributed by atoms with Crippen LogP contribution in [0.2, 0.25) is 0 Å². The molecular formula is C17H13BrF2N4S. The minimum absolute atomic E-state index is 0.266. The van der Waals surface area contributed by atoms with Gasteiger partial charge in [-0.05, 0) is 52.4 Å². The van der Waals surface area contributed by atoms with Gasteiger partial charge in [-0.15, -0.1) is 0 Å². The third-order valence-electron chi connectivity index (χ3n) is 3.32. The van der Waals surface area contributed by atoms with Crippen molar-refractivity contribution in [1.29, 1.82) is 0 Å². The molecule has 0 unspecified atom stereocenters. The number of nitrogens with zero attached hydrogens (tertiary/aromatic N) is 2. The van der Waals surface area contributed by atoms with Crippen LogP contribution in [0.5, 0.6) is 0 Å². The van der Waals surface area contributed by atoms with Gasteiger partial charge in [0.25, 0.3) is 0 Å². The molecule has 1 heterocycles. The molecule has 3 aromatic rings. The summed E-state index contributed by atoms with van der Waals surface area (Å²) in [5, 5.41) is 10.4. The van der Waals surface area contributed by atoms with Crippen LogP contribution >= 0.6 is 28.1 Å². The van der Waals surface area contributed by atoms with Crippen LogP contribution in [-0.2, 0) is 6.54 Å². The van der Waals surface area contributed by atoms with E-state index in [1.54, 1.807) is 41.2 Å². The van der Waals surface area contributed by atoms with Crippen LogP contribution in [0.1, 0.15) is 5.56 Å². The van der Waals surface area contributed by atoms with Gasteiger partial charge in [-0.2, -0.15) is 5.10 Å².